The highest BCUT2D eigenvalue weighted by molar-refractivity contribution is 7.77. The summed E-state index contributed by atoms with van der Waals surface area (Å²) in [5.74, 6) is 0. The van der Waals surface area contributed by atoms with E-state index >= 15 is 0 Å². The van der Waals surface area contributed by atoms with Crippen LogP contribution in [0.4, 0.5) is 0 Å². The van der Waals surface area contributed by atoms with Gasteiger partial charge in [0.1, 0.15) is 0 Å². The van der Waals surface area contributed by atoms with E-state index in [1.165, 1.54) is 5.56 Å². The molecule has 1 aromatic rings. The Bertz CT molecular complexity index is 303. The van der Waals surface area contributed by atoms with Crippen LogP contribution in [0.25, 0.3) is 0 Å². The third-order valence-electron chi connectivity index (χ3n) is 2.44. The van der Waals surface area contributed by atoms with Gasteiger partial charge in [-0.2, -0.15) is 0 Å². The van der Waals surface area contributed by atoms with Gasteiger partial charge in [0.15, 0.2) is 0 Å². The van der Waals surface area contributed by atoms with Gasteiger partial charge in [0.25, 0.3) is 0 Å². The fourth-order valence-electron chi connectivity index (χ4n) is 1.57. The van der Waals surface area contributed by atoms with Crippen molar-refractivity contribution in [2.45, 2.75) is 33.2 Å². The molecule has 0 amide bonds. The molecule has 0 radical (unpaired) electrons. The molecule has 17 heavy (non-hydrogen) atoms. The highest BCUT2D eigenvalue weighted by Gasteiger charge is 2.01. The van der Waals surface area contributed by atoms with Crippen molar-refractivity contribution in [1.82, 2.24) is 9.29 Å². The van der Waals surface area contributed by atoms with E-state index in [4.69, 9.17) is 4.74 Å². The Kier molecular flexibility index (Phi) is 7.24. The Morgan fingerprint density at radius 1 is 1.35 bits per heavy atom. The van der Waals surface area contributed by atoms with Crippen LogP contribution >= 0.6 is 12.8 Å². The molecule has 3 nitrogen and oxygen atoms in total. The van der Waals surface area contributed by atoms with Gasteiger partial charge in [-0.05, 0) is 25.0 Å². The molecule has 1 rings (SSSR count). The van der Waals surface area contributed by atoms with E-state index < -0.39 is 0 Å². The average Bonchev–Trinajstić information content (AvgIpc) is 2.32. The van der Waals surface area contributed by atoms with Crippen molar-refractivity contribution in [3.05, 3.63) is 29.6 Å². The summed E-state index contributed by atoms with van der Waals surface area (Å²) in [7, 11) is 0. The molecule has 1 heterocycles. The van der Waals surface area contributed by atoms with Crippen LogP contribution in [0.2, 0.25) is 0 Å². The summed E-state index contributed by atoms with van der Waals surface area (Å²) in [5.41, 5.74) is 2.29. The molecule has 0 fully saturated rings. The first-order chi connectivity index (χ1) is 8.26. The van der Waals surface area contributed by atoms with E-state index in [-0.39, 0.29) is 0 Å². The summed E-state index contributed by atoms with van der Waals surface area (Å²) < 4.78 is 7.31. The van der Waals surface area contributed by atoms with Crippen LogP contribution in [0.15, 0.2) is 18.3 Å². The van der Waals surface area contributed by atoms with Gasteiger partial charge in [0.05, 0.1) is 6.61 Å². The maximum absolute atomic E-state index is 5.30. The lowest BCUT2D eigenvalue weighted by molar-refractivity contribution is 0.150. The largest absolute Gasteiger partial charge is 0.381 e. The number of aromatic nitrogens is 1. The third-order valence-corrected chi connectivity index (χ3v) is 2.78. The van der Waals surface area contributed by atoms with Gasteiger partial charge in [-0.25, -0.2) is 4.31 Å². The smallest absolute Gasteiger partial charge is 0.0521 e. The molecule has 0 aromatic carbocycles. The molecule has 0 aliphatic carbocycles. The van der Waals surface area contributed by atoms with Gasteiger partial charge in [0, 0.05) is 38.0 Å². The molecule has 0 spiro atoms. The van der Waals surface area contributed by atoms with Crippen molar-refractivity contribution in [2.75, 3.05) is 19.8 Å². The van der Waals surface area contributed by atoms with Gasteiger partial charge in [-0.15, -0.1) is 0 Å². The quantitative estimate of drug-likeness (QED) is 0.570. The van der Waals surface area contributed by atoms with Crippen LogP contribution in [0, 0.1) is 0 Å². The van der Waals surface area contributed by atoms with Crippen molar-refractivity contribution in [1.29, 1.82) is 0 Å². The number of thiol groups is 1. The predicted molar refractivity (Wildman–Crippen MR) is 74.1 cm³/mol. The highest BCUT2D eigenvalue weighted by Crippen LogP contribution is 2.07. The molecule has 0 unspecified atom stereocenters. The van der Waals surface area contributed by atoms with Crippen molar-refractivity contribution in [3.63, 3.8) is 0 Å². The number of nitrogens with zero attached hydrogens (tertiary/aromatic N) is 2. The maximum Gasteiger partial charge on any atom is 0.0521 e. The minimum Gasteiger partial charge on any atom is -0.381 e. The van der Waals surface area contributed by atoms with Gasteiger partial charge in [0.2, 0.25) is 0 Å². The summed E-state index contributed by atoms with van der Waals surface area (Å²) in [6.07, 6.45) is 3.93. The number of hydrogen-bond donors (Lipinski definition) is 1. The summed E-state index contributed by atoms with van der Waals surface area (Å²) in [6.45, 7) is 7.51. The molecule has 0 aliphatic heterocycles. The summed E-state index contributed by atoms with van der Waals surface area (Å²) >= 11 is 4.40. The Hall–Kier alpha value is -0.580. The predicted octanol–water partition coefficient (Wildman–Crippen LogP) is 2.72. The van der Waals surface area contributed by atoms with E-state index in [0.29, 0.717) is 0 Å². The maximum atomic E-state index is 5.30. The SMILES string of the molecule is CCCN(S)Cc1ccc(CCOCC)nc1. The van der Waals surface area contributed by atoms with E-state index in [1.54, 1.807) is 0 Å². The lowest BCUT2D eigenvalue weighted by Crippen LogP contribution is -2.12. The first-order valence-electron chi connectivity index (χ1n) is 6.21. The first-order valence-corrected chi connectivity index (χ1v) is 6.61. The van der Waals surface area contributed by atoms with Crippen LogP contribution < -0.4 is 0 Å². The number of pyridine rings is 1. The molecule has 0 N–H and O–H groups in total. The zero-order valence-corrected chi connectivity index (χ0v) is 11.6. The Morgan fingerprint density at radius 3 is 2.76 bits per heavy atom. The van der Waals surface area contributed by atoms with Crippen LogP contribution in [0.1, 0.15) is 31.5 Å². The van der Waals surface area contributed by atoms with Gasteiger partial charge in [-0.3, -0.25) is 4.98 Å². The van der Waals surface area contributed by atoms with Crippen molar-refractivity contribution >= 4 is 12.8 Å². The zero-order chi connectivity index (χ0) is 12.5. The Balaban J connectivity index is 2.39. The van der Waals surface area contributed by atoms with Crippen molar-refractivity contribution in [3.8, 4) is 0 Å². The van der Waals surface area contributed by atoms with Crippen molar-refractivity contribution < 1.29 is 4.74 Å². The molecule has 0 saturated carbocycles. The standard InChI is InChI=1S/C13H22N2OS/c1-3-8-15(17)11-12-5-6-13(14-10-12)7-9-16-4-2/h5-6,10,17H,3-4,7-9,11H2,1-2H3. The number of ether oxygens (including phenoxy) is 1. The molecule has 4 heteroatoms. The van der Waals surface area contributed by atoms with Gasteiger partial charge >= 0.3 is 0 Å². The monoisotopic (exact) mass is 254 g/mol. The fourth-order valence-corrected chi connectivity index (χ4v) is 1.93. The molecule has 0 bridgehead atoms. The average molecular weight is 254 g/mol. The van der Waals surface area contributed by atoms with Gasteiger partial charge < -0.3 is 4.74 Å². The zero-order valence-electron chi connectivity index (χ0n) is 10.7. The lowest BCUT2D eigenvalue weighted by atomic mass is 10.2. The minimum atomic E-state index is 0.747. The molecular weight excluding hydrogens is 232 g/mol. The van der Waals surface area contributed by atoms with Crippen LogP contribution in [0.5, 0.6) is 0 Å². The van der Waals surface area contributed by atoms with Gasteiger partial charge in [-0.1, -0.05) is 25.8 Å². The summed E-state index contributed by atoms with van der Waals surface area (Å²) in [6, 6.07) is 4.19. The number of hydrogen-bond acceptors (Lipinski definition) is 4. The molecule has 96 valence electrons. The van der Waals surface area contributed by atoms with E-state index in [1.807, 2.05) is 17.4 Å². The lowest BCUT2D eigenvalue weighted by Gasteiger charge is -2.13. The number of rotatable bonds is 8. The third kappa shape index (κ3) is 6.05. The second-order valence-corrected chi connectivity index (χ2v) is 4.56. The van der Waals surface area contributed by atoms with E-state index in [9.17, 15) is 0 Å². The molecule has 1 aromatic heterocycles. The molecule has 0 saturated heterocycles. The summed E-state index contributed by atoms with van der Waals surface area (Å²) in [5, 5.41) is 0. The second-order valence-electron chi connectivity index (χ2n) is 3.99. The molecular formula is C13H22N2OS. The highest BCUT2D eigenvalue weighted by atomic mass is 32.1. The Labute approximate surface area is 110 Å². The first kappa shape index (κ1) is 14.5. The van der Waals surface area contributed by atoms with Crippen LogP contribution in [0.3, 0.4) is 0 Å². The summed E-state index contributed by atoms with van der Waals surface area (Å²) in [4.78, 5) is 4.42. The Morgan fingerprint density at radius 2 is 2.18 bits per heavy atom. The molecule has 0 atom stereocenters. The van der Waals surface area contributed by atoms with Crippen LogP contribution in [-0.4, -0.2) is 29.0 Å². The second kappa shape index (κ2) is 8.50. The van der Waals surface area contributed by atoms with E-state index in [2.05, 4.69) is 36.9 Å². The topological polar surface area (TPSA) is 25.4 Å². The fraction of sp³-hybridized carbons (Fsp3) is 0.615. The van der Waals surface area contributed by atoms with Crippen molar-refractivity contribution in [2.24, 2.45) is 0 Å². The molecule has 0 aliphatic rings. The van der Waals surface area contributed by atoms with Crippen LogP contribution in [-0.2, 0) is 17.7 Å². The normalized spacial score (nSPS) is 11.1. The minimum absolute atomic E-state index is 0.747. The van der Waals surface area contributed by atoms with E-state index in [0.717, 1.165) is 44.8 Å².